The Bertz CT molecular complexity index is 511. The number of aromatic nitrogens is 4. The Morgan fingerprint density at radius 2 is 2.07 bits per heavy atom. The maximum atomic E-state index is 6.10. The summed E-state index contributed by atoms with van der Waals surface area (Å²) in [6.07, 6.45) is 0.683. The van der Waals surface area contributed by atoms with Crippen LogP contribution in [0, 0.1) is 0 Å². The monoisotopic (exact) mass is 246 g/mol. The van der Waals surface area contributed by atoms with E-state index < -0.39 is 0 Å². The van der Waals surface area contributed by atoms with Gasteiger partial charge in [0.15, 0.2) is 0 Å². The van der Waals surface area contributed by atoms with Gasteiger partial charge in [0.05, 0.1) is 7.11 Å². The Balaban J connectivity index is 2.76. The van der Waals surface area contributed by atoms with Gasteiger partial charge >= 0.3 is 6.01 Å². The lowest BCUT2D eigenvalue weighted by atomic mass is 10.3. The fourth-order valence-electron chi connectivity index (χ4n) is 1.24. The van der Waals surface area contributed by atoms with Crippen LogP contribution >= 0.6 is 23.2 Å². The van der Waals surface area contributed by atoms with Gasteiger partial charge < -0.3 is 4.74 Å². The van der Waals surface area contributed by atoms with Crippen LogP contribution < -0.4 is 4.74 Å². The summed E-state index contributed by atoms with van der Waals surface area (Å²) in [7, 11) is 1.48. The van der Waals surface area contributed by atoms with Gasteiger partial charge in [-0.25, -0.2) is 0 Å². The van der Waals surface area contributed by atoms with Crippen LogP contribution in [0.5, 0.6) is 6.01 Å². The molecule has 0 saturated carbocycles. The molecule has 80 valence electrons. The van der Waals surface area contributed by atoms with Gasteiger partial charge in [-0.05, 0) is 6.42 Å². The lowest BCUT2D eigenvalue weighted by Crippen LogP contribution is -1.99. The van der Waals surface area contributed by atoms with Gasteiger partial charge in [0.25, 0.3) is 5.78 Å². The molecule has 0 aromatic carbocycles. The first-order valence-electron chi connectivity index (χ1n) is 4.32. The highest BCUT2D eigenvalue weighted by molar-refractivity contribution is 6.34. The van der Waals surface area contributed by atoms with Crippen LogP contribution in [-0.4, -0.2) is 26.7 Å². The van der Waals surface area contributed by atoms with Crippen molar-refractivity contribution in [3.05, 3.63) is 15.9 Å². The zero-order valence-electron chi connectivity index (χ0n) is 8.16. The van der Waals surface area contributed by atoms with Crippen molar-refractivity contribution in [2.45, 2.75) is 13.3 Å². The Hall–Kier alpha value is -1.07. The van der Waals surface area contributed by atoms with Crippen molar-refractivity contribution in [1.82, 2.24) is 19.6 Å². The lowest BCUT2D eigenvalue weighted by molar-refractivity contribution is 0.380. The highest BCUT2D eigenvalue weighted by Gasteiger charge is 2.14. The molecule has 0 unspecified atom stereocenters. The van der Waals surface area contributed by atoms with E-state index in [1.54, 1.807) is 0 Å². The van der Waals surface area contributed by atoms with Crippen LogP contribution in [0.1, 0.15) is 12.5 Å². The van der Waals surface area contributed by atoms with Gasteiger partial charge in [0, 0.05) is 5.56 Å². The van der Waals surface area contributed by atoms with E-state index in [1.165, 1.54) is 11.6 Å². The minimum Gasteiger partial charge on any atom is -0.466 e. The molecule has 0 saturated heterocycles. The molecule has 0 aliphatic carbocycles. The minimum atomic E-state index is 0.216. The number of nitrogens with zero attached hydrogens (tertiary/aromatic N) is 4. The first-order valence-corrected chi connectivity index (χ1v) is 5.07. The number of fused-ring (bicyclic) bond motifs is 1. The summed E-state index contributed by atoms with van der Waals surface area (Å²) < 4.78 is 6.29. The lowest BCUT2D eigenvalue weighted by Gasteiger charge is -2.03. The predicted molar refractivity (Wildman–Crippen MR) is 56.7 cm³/mol. The number of ether oxygens (including phenoxy) is 1. The first-order chi connectivity index (χ1) is 7.17. The Labute approximate surface area is 96.0 Å². The fourth-order valence-corrected chi connectivity index (χ4v) is 1.92. The summed E-state index contributed by atoms with van der Waals surface area (Å²) in [6.45, 7) is 1.94. The van der Waals surface area contributed by atoms with Crippen molar-refractivity contribution < 1.29 is 4.74 Å². The van der Waals surface area contributed by atoms with E-state index in [0.29, 0.717) is 22.5 Å². The molecule has 0 N–H and O–H groups in total. The van der Waals surface area contributed by atoms with Gasteiger partial charge in [-0.1, -0.05) is 30.1 Å². The molecule has 2 heterocycles. The van der Waals surface area contributed by atoms with Crippen LogP contribution in [0.2, 0.25) is 10.3 Å². The standard InChI is InChI=1S/C8H8Cl2N4O/c1-3-4-5(9)11-7-12-8(15-2)13-14(7)6(4)10/h3H2,1-2H3. The molecule has 15 heavy (non-hydrogen) atoms. The number of halogens is 2. The average molecular weight is 247 g/mol. The van der Waals surface area contributed by atoms with Crippen LogP contribution in [0.4, 0.5) is 0 Å². The molecule has 0 amide bonds. The van der Waals surface area contributed by atoms with Gasteiger partial charge in [-0.15, -0.1) is 5.10 Å². The van der Waals surface area contributed by atoms with E-state index in [0.717, 1.165) is 5.56 Å². The zero-order valence-corrected chi connectivity index (χ0v) is 9.67. The summed E-state index contributed by atoms with van der Waals surface area (Å²) in [5.41, 5.74) is 0.749. The van der Waals surface area contributed by atoms with Crippen molar-refractivity contribution in [3.63, 3.8) is 0 Å². The second kappa shape index (κ2) is 3.83. The summed E-state index contributed by atoms with van der Waals surface area (Å²) >= 11 is 12.0. The molecular formula is C8H8Cl2N4O. The number of rotatable bonds is 2. The van der Waals surface area contributed by atoms with Crippen LogP contribution in [0.15, 0.2) is 0 Å². The van der Waals surface area contributed by atoms with Gasteiger partial charge in [0.2, 0.25) is 0 Å². The predicted octanol–water partition coefficient (Wildman–Crippen LogP) is 2.00. The van der Waals surface area contributed by atoms with Gasteiger partial charge in [-0.3, -0.25) is 0 Å². The topological polar surface area (TPSA) is 52.3 Å². The molecule has 0 bridgehead atoms. The molecule has 0 spiro atoms. The van der Waals surface area contributed by atoms with E-state index in [2.05, 4.69) is 15.1 Å². The molecule has 0 aliphatic rings. The zero-order chi connectivity index (χ0) is 11.0. The number of hydrogen-bond acceptors (Lipinski definition) is 4. The first kappa shape index (κ1) is 10.4. The third kappa shape index (κ3) is 1.61. The van der Waals surface area contributed by atoms with Gasteiger partial charge in [-0.2, -0.15) is 14.5 Å². The largest absolute Gasteiger partial charge is 0.466 e. The fraction of sp³-hybridized carbons (Fsp3) is 0.375. The Morgan fingerprint density at radius 1 is 1.33 bits per heavy atom. The van der Waals surface area contributed by atoms with Crippen molar-refractivity contribution in [3.8, 4) is 6.01 Å². The second-order valence-electron chi connectivity index (χ2n) is 2.84. The SMILES string of the molecule is CCc1c(Cl)nc2nc(OC)nn2c1Cl. The molecule has 0 fully saturated rings. The molecule has 0 atom stereocenters. The quantitative estimate of drug-likeness (QED) is 0.761. The molecule has 2 rings (SSSR count). The van der Waals surface area contributed by atoms with Crippen molar-refractivity contribution in [2.75, 3.05) is 7.11 Å². The summed E-state index contributed by atoms with van der Waals surface area (Å²) in [4.78, 5) is 8.04. The van der Waals surface area contributed by atoms with Crippen molar-refractivity contribution in [1.29, 1.82) is 0 Å². The molecule has 2 aromatic heterocycles. The van der Waals surface area contributed by atoms with Crippen LogP contribution in [-0.2, 0) is 6.42 Å². The summed E-state index contributed by atoms with van der Waals surface area (Å²) in [5, 5.41) is 4.78. The van der Waals surface area contributed by atoms with E-state index in [4.69, 9.17) is 27.9 Å². The van der Waals surface area contributed by atoms with E-state index in [1.807, 2.05) is 6.92 Å². The molecule has 0 radical (unpaired) electrons. The Kier molecular flexibility index (Phi) is 2.67. The molecule has 7 heteroatoms. The summed E-state index contributed by atoms with van der Waals surface area (Å²) in [5.74, 6) is 0.332. The van der Waals surface area contributed by atoms with Crippen LogP contribution in [0.25, 0.3) is 5.78 Å². The third-order valence-corrected chi connectivity index (χ3v) is 2.69. The second-order valence-corrected chi connectivity index (χ2v) is 3.55. The number of methoxy groups -OCH3 is 1. The van der Waals surface area contributed by atoms with E-state index in [9.17, 15) is 0 Å². The van der Waals surface area contributed by atoms with Crippen molar-refractivity contribution >= 4 is 29.0 Å². The van der Waals surface area contributed by atoms with E-state index in [-0.39, 0.29) is 6.01 Å². The van der Waals surface area contributed by atoms with Crippen molar-refractivity contribution in [2.24, 2.45) is 0 Å². The smallest absolute Gasteiger partial charge is 0.337 e. The average Bonchev–Trinajstić information content (AvgIpc) is 2.61. The normalized spacial score (nSPS) is 10.9. The molecular weight excluding hydrogens is 239 g/mol. The highest BCUT2D eigenvalue weighted by Crippen LogP contribution is 2.24. The maximum Gasteiger partial charge on any atom is 0.337 e. The van der Waals surface area contributed by atoms with E-state index >= 15 is 0 Å². The molecule has 2 aromatic rings. The molecule has 5 nitrogen and oxygen atoms in total. The van der Waals surface area contributed by atoms with Crippen LogP contribution in [0.3, 0.4) is 0 Å². The summed E-state index contributed by atoms with van der Waals surface area (Å²) in [6, 6.07) is 0.216. The number of hydrogen-bond donors (Lipinski definition) is 0. The van der Waals surface area contributed by atoms with Gasteiger partial charge in [0.1, 0.15) is 10.3 Å². The molecule has 0 aliphatic heterocycles. The highest BCUT2D eigenvalue weighted by atomic mass is 35.5. The minimum absolute atomic E-state index is 0.216. The third-order valence-electron chi connectivity index (χ3n) is 1.99. The Morgan fingerprint density at radius 3 is 2.67 bits per heavy atom. The maximum absolute atomic E-state index is 6.10.